The van der Waals surface area contributed by atoms with E-state index in [1.807, 2.05) is 0 Å². The number of alkyl halides is 3. The Labute approximate surface area is 143 Å². The fourth-order valence-electron chi connectivity index (χ4n) is 3.61. The number of aromatic carboxylic acids is 1. The fourth-order valence-corrected chi connectivity index (χ4v) is 3.61. The zero-order valence-corrected chi connectivity index (χ0v) is 14.3. The summed E-state index contributed by atoms with van der Waals surface area (Å²) >= 11 is 0. The maximum absolute atomic E-state index is 13.4. The minimum Gasteiger partial charge on any atom is -0.478 e. The molecule has 0 bridgehead atoms. The molecule has 1 aromatic heterocycles. The first-order valence-corrected chi connectivity index (χ1v) is 8.06. The summed E-state index contributed by atoms with van der Waals surface area (Å²) in [6, 6.07) is -0.632. The molecule has 0 saturated heterocycles. The number of ether oxygens (including phenoxy) is 1. The summed E-state index contributed by atoms with van der Waals surface area (Å²) in [5.74, 6) is -2.33. The lowest BCUT2D eigenvalue weighted by molar-refractivity contribution is -0.159. The van der Waals surface area contributed by atoms with Crippen LogP contribution in [0.2, 0.25) is 0 Å². The number of nitrogens with zero attached hydrogens (tertiary/aromatic N) is 2. The van der Waals surface area contributed by atoms with Crippen LogP contribution in [0.25, 0.3) is 0 Å². The van der Waals surface area contributed by atoms with Crippen LogP contribution in [0.5, 0.6) is 0 Å². The van der Waals surface area contributed by atoms with Crippen LogP contribution in [0.15, 0.2) is 6.20 Å². The molecule has 1 N–H and O–H groups in total. The van der Waals surface area contributed by atoms with E-state index in [2.05, 4.69) is 5.10 Å². The summed E-state index contributed by atoms with van der Waals surface area (Å²) in [4.78, 5) is 23.2. The van der Waals surface area contributed by atoms with E-state index >= 15 is 0 Å². The molecule has 1 aromatic rings. The van der Waals surface area contributed by atoms with Gasteiger partial charge in [0.15, 0.2) is 5.69 Å². The number of carboxylic acid groups (broad SMARTS) is 1. The van der Waals surface area contributed by atoms with Gasteiger partial charge in [0, 0.05) is 0 Å². The molecule has 2 rings (SSSR count). The van der Waals surface area contributed by atoms with Gasteiger partial charge in [0.05, 0.1) is 24.3 Å². The van der Waals surface area contributed by atoms with Crippen LogP contribution >= 0.6 is 0 Å². The predicted octanol–water partition coefficient (Wildman–Crippen LogP) is 3.53. The van der Waals surface area contributed by atoms with Crippen molar-refractivity contribution < 1.29 is 32.6 Å². The fraction of sp³-hybridized carbons (Fsp3) is 0.688. The number of hydrogen-bond donors (Lipinski definition) is 1. The van der Waals surface area contributed by atoms with Gasteiger partial charge in [0.25, 0.3) is 0 Å². The second-order valence-electron chi connectivity index (χ2n) is 6.72. The molecule has 1 saturated carbocycles. The number of carbonyl (C=O) groups excluding carboxylic acids is 1. The van der Waals surface area contributed by atoms with E-state index in [4.69, 9.17) is 9.84 Å². The number of esters is 1. The molecule has 0 aromatic carbocycles. The van der Waals surface area contributed by atoms with Gasteiger partial charge in [-0.05, 0) is 39.0 Å². The molecule has 0 unspecified atom stereocenters. The highest BCUT2D eigenvalue weighted by Gasteiger charge is 2.47. The highest BCUT2D eigenvalue weighted by Crippen LogP contribution is 2.46. The van der Waals surface area contributed by atoms with Gasteiger partial charge in [0.2, 0.25) is 0 Å². The zero-order valence-electron chi connectivity index (χ0n) is 14.3. The first kappa shape index (κ1) is 19.3. The molecule has 6 nitrogen and oxygen atoms in total. The van der Waals surface area contributed by atoms with Gasteiger partial charge in [-0.1, -0.05) is 6.92 Å². The topological polar surface area (TPSA) is 81.4 Å². The zero-order chi connectivity index (χ0) is 19.0. The van der Waals surface area contributed by atoms with Crippen molar-refractivity contribution in [3.8, 4) is 0 Å². The Morgan fingerprint density at radius 2 is 2.12 bits per heavy atom. The number of carboxylic acids is 1. The molecule has 0 amide bonds. The van der Waals surface area contributed by atoms with Crippen molar-refractivity contribution in [2.24, 2.45) is 11.3 Å². The summed E-state index contributed by atoms with van der Waals surface area (Å²) < 4.78 is 45.9. The highest BCUT2D eigenvalue weighted by molar-refractivity contribution is 5.88. The second-order valence-corrected chi connectivity index (χ2v) is 6.72. The number of carbonyl (C=O) groups is 2. The van der Waals surface area contributed by atoms with Gasteiger partial charge in [-0.2, -0.15) is 18.3 Å². The van der Waals surface area contributed by atoms with Crippen molar-refractivity contribution in [1.29, 1.82) is 0 Å². The van der Waals surface area contributed by atoms with E-state index in [9.17, 15) is 22.8 Å². The minimum absolute atomic E-state index is 0.242. The van der Waals surface area contributed by atoms with Gasteiger partial charge in [-0.15, -0.1) is 0 Å². The van der Waals surface area contributed by atoms with Crippen molar-refractivity contribution in [1.82, 2.24) is 9.78 Å². The summed E-state index contributed by atoms with van der Waals surface area (Å²) in [5, 5.41) is 12.7. The van der Waals surface area contributed by atoms with Crippen LogP contribution in [0, 0.1) is 11.3 Å². The first-order valence-electron chi connectivity index (χ1n) is 8.06. The van der Waals surface area contributed by atoms with Crippen LogP contribution in [0.3, 0.4) is 0 Å². The van der Waals surface area contributed by atoms with Crippen LogP contribution in [-0.4, -0.2) is 33.4 Å². The summed E-state index contributed by atoms with van der Waals surface area (Å²) in [6.45, 7) is 5.42. The SMILES string of the molecule is CCOC(=O)[C@@]1(C)CC[C@@H](n2ncc(C(=O)O)c2C(F)(F)F)[C@@H](C)C1. The van der Waals surface area contributed by atoms with Crippen LogP contribution in [0.4, 0.5) is 13.2 Å². The smallest absolute Gasteiger partial charge is 0.433 e. The Morgan fingerprint density at radius 1 is 1.48 bits per heavy atom. The molecule has 140 valence electrons. The number of halogens is 3. The lowest BCUT2D eigenvalue weighted by atomic mass is 9.69. The van der Waals surface area contributed by atoms with Crippen molar-refractivity contribution in [3.63, 3.8) is 0 Å². The third-order valence-corrected chi connectivity index (χ3v) is 4.80. The summed E-state index contributed by atoms with van der Waals surface area (Å²) in [6.07, 6.45) is -3.13. The average molecular weight is 362 g/mol. The maximum Gasteiger partial charge on any atom is 0.433 e. The van der Waals surface area contributed by atoms with Gasteiger partial charge in [0.1, 0.15) is 5.56 Å². The normalized spacial score (nSPS) is 27.1. The van der Waals surface area contributed by atoms with Crippen LogP contribution < -0.4 is 0 Å². The van der Waals surface area contributed by atoms with Crippen LogP contribution in [0.1, 0.15) is 62.1 Å². The van der Waals surface area contributed by atoms with Crippen molar-refractivity contribution in [3.05, 3.63) is 17.5 Å². The van der Waals surface area contributed by atoms with Gasteiger partial charge < -0.3 is 9.84 Å². The predicted molar refractivity (Wildman–Crippen MR) is 81.0 cm³/mol. The Kier molecular flexibility index (Phi) is 5.15. The molecular formula is C16H21F3N2O4. The molecular weight excluding hydrogens is 341 g/mol. The van der Waals surface area contributed by atoms with Crippen LogP contribution in [-0.2, 0) is 15.7 Å². The van der Waals surface area contributed by atoms with E-state index in [1.165, 1.54) is 0 Å². The van der Waals surface area contributed by atoms with E-state index in [0.717, 1.165) is 10.9 Å². The van der Waals surface area contributed by atoms with E-state index in [1.54, 1.807) is 20.8 Å². The van der Waals surface area contributed by atoms with Gasteiger partial charge >= 0.3 is 18.1 Å². The van der Waals surface area contributed by atoms with Crippen molar-refractivity contribution in [2.75, 3.05) is 6.61 Å². The Morgan fingerprint density at radius 3 is 2.60 bits per heavy atom. The van der Waals surface area contributed by atoms with Crippen molar-refractivity contribution >= 4 is 11.9 Å². The summed E-state index contributed by atoms with van der Waals surface area (Å²) in [5.41, 5.74) is -2.87. The number of hydrogen-bond acceptors (Lipinski definition) is 4. The van der Waals surface area contributed by atoms with E-state index < -0.39 is 34.9 Å². The molecule has 3 atom stereocenters. The molecule has 0 aliphatic heterocycles. The van der Waals surface area contributed by atoms with Gasteiger partial charge in [-0.25, -0.2) is 4.79 Å². The standard InChI is InChI=1S/C16H21F3N2O4/c1-4-25-14(24)15(3)6-5-11(9(2)7-15)21-12(16(17,18)19)10(8-20-21)13(22)23/h8-9,11H,4-7H2,1-3H3,(H,22,23)/t9-,11+,15-/m0/s1. The third kappa shape index (κ3) is 3.64. The Hall–Kier alpha value is -2.06. The van der Waals surface area contributed by atoms with E-state index in [0.29, 0.717) is 12.8 Å². The molecule has 0 spiro atoms. The van der Waals surface area contributed by atoms with Gasteiger partial charge in [-0.3, -0.25) is 9.48 Å². The molecule has 1 fully saturated rings. The monoisotopic (exact) mass is 362 g/mol. The molecule has 9 heteroatoms. The number of aromatic nitrogens is 2. The molecule has 0 radical (unpaired) electrons. The third-order valence-electron chi connectivity index (χ3n) is 4.80. The quantitative estimate of drug-likeness (QED) is 0.829. The molecule has 25 heavy (non-hydrogen) atoms. The molecule has 1 aliphatic rings. The van der Waals surface area contributed by atoms with Crippen molar-refractivity contribution in [2.45, 2.75) is 52.3 Å². The lowest BCUT2D eigenvalue weighted by Crippen LogP contribution is -2.39. The number of rotatable bonds is 4. The lowest BCUT2D eigenvalue weighted by Gasteiger charge is -2.40. The average Bonchev–Trinajstić information content (AvgIpc) is 2.92. The maximum atomic E-state index is 13.4. The minimum atomic E-state index is -4.83. The molecule has 1 aliphatic carbocycles. The molecule has 1 heterocycles. The Balaban J connectivity index is 2.33. The summed E-state index contributed by atoms with van der Waals surface area (Å²) in [7, 11) is 0. The second kappa shape index (κ2) is 6.68. The highest BCUT2D eigenvalue weighted by atomic mass is 19.4. The largest absolute Gasteiger partial charge is 0.478 e. The van der Waals surface area contributed by atoms with E-state index in [-0.39, 0.29) is 24.9 Å². The first-order chi connectivity index (χ1) is 11.5. The Bertz CT molecular complexity index is 671.